The van der Waals surface area contributed by atoms with Crippen LogP contribution in [-0.4, -0.2) is 29.8 Å². The molecule has 6 heteroatoms. The van der Waals surface area contributed by atoms with Crippen LogP contribution in [0.5, 0.6) is 0 Å². The zero-order valence-corrected chi connectivity index (χ0v) is 11.8. The minimum absolute atomic E-state index is 0.0441. The zero-order valence-electron chi connectivity index (χ0n) is 10.2. The van der Waals surface area contributed by atoms with Crippen LogP contribution in [0.2, 0.25) is 0 Å². The van der Waals surface area contributed by atoms with E-state index >= 15 is 0 Å². The molecule has 19 heavy (non-hydrogen) atoms. The highest BCUT2D eigenvalue weighted by Gasteiger charge is 2.31. The molecule has 2 rings (SSSR count). The van der Waals surface area contributed by atoms with E-state index in [1.54, 1.807) is 0 Å². The van der Waals surface area contributed by atoms with Crippen LogP contribution in [0.4, 0.5) is 10.5 Å². The molecule has 0 aliphatic carbocycles. The van der Waals surface area contributed by atoms with Crippen molar-refractivity contribution in [1.29, 1.82) is 0 Å². The number of carbonyl (C=O) groups excluding carboxylic acids is 1. The first kappa shape index (κ1) is 13.9. The molecule has 0 radical (unpaired) electrons. The smallest absolute Gasteiger partial charge is 0.414 e. The fourth-order valence-corrected chi connectivity index (χ4v) is 2.52. The molecule has 102 valence electrons. The van der Waals surface area contributed by atoms with E-state index in [4.69, 9.17) is 9.84 Å². The number of anilines is 1. The fraction of sp³-hybridized carbons (Fsp3) is 0.385. The van der Waals surface area contributed by atoms with E-state index in [1.165, 1.54) is 4.90 Å². The van der Waals surface area contributed by atoms with Crippen molar-refractivity contribution in [3.8, 4) is 0 Å². The summed E-state index contributed by atoms with van der Waals surface area (Å²) in [6.07, 6.45) is 0.699. The Morgan fingerprint density at radius 3 is 3.00 bits per heavy atom. The molecule has 1 fully saturated rings. The molecule has 0 aromatic heterocycles. The number of cyclic esters (lactones) is 1. The van der Waals surface area contributed by atoms with E-state index in [9.17, 15) is 9.59 Å². The van der Waals surface area contributed by atoms with E-state index in [0.29, 0.717) is 19.4 Å². The van der Waals surface area contributed by atoms with Crippen LogP contribution in [0, 0.1) is 0 Å². The van der Waals surface area contributed by atoms with E-state index in [-0.39, 0.29) is 12.5 Å². The number of aliphatic carboxylic acids is 1. The van der Waals surface area contributed by atoms with Crippen molar-refractivity contribution >= 4 is 33.7 Å². The summed E-state index contributed by atoms with van der Waals surface area (Å²) in [6.45, 7) is 0.341. The standard InChI is InChI=1S/C13H14BrNO4/c14-9-2-1-3-11(8-9)15-10(4-5-12(16)17)6-7-19-13(15)18/h1-3,8,10H,4-7H2,(H,16,17). The van der Waals surface area contributed by atoms with E-state index in [2.05, 4.69) is 15.9 Å². The predicted molar refractivity (Wildman–Crippen MR) is 73.2 cm³/mol. The van der Waals surface area contributed by atoms with Gasteiger partial charge >= 0.3 is 12.1 Å². The number of ether oxygens (including phenoxy) is 1. The summed E-state index contributed by atoms with van der Waals surface area (Å²) < 4.78 is 5.91. The highest BCUT2D eigenvalue weighted by Crippen LogP contribution is 2.27. The first-order valence-electron chi connectivity index (χ1n) is 6.01. The lowest BCUT2D eigenvalue weighted by atomic mass is 10.0. The maximum absolute atomic E-state index is 11.9. The van der Waals surface area contributed by atoms with Gasteiger partial charge in [0, 0.05) is 29.0 Å². The summed E-state index contributed by atoms with van der Waals surface area (Å²) in [5, 5.41) is 8.77. The lowest BCUT2D eigenvalue weighted by Gasteiger charge is -2.34. The lowest BCUT2D eigenvalue weighted by Crippen LogP contribution is -2.46. The SMILES string of the molecule is O=C(O)CCC1CCOC(=O)N1c1cccc(Br)c1. The molecule has 0 saturated carbocycles. The third-order valence-corrected chi connectivity index (χ3v) is 3.51. The Bertz CT molecular complexity index is 491. The van der Waals surface area contributed by atoms with Gasteiger partial charge in [-0.1, -0.05) is 22.0 Å². The Kier molecular flexibility index (Phi) is 4.42. The average Bonchev–Trinajstić information content (AvgIpc) is 2.36. The molecule has 0 bridgehead atoms. The van der Waals surface area contributed by atoms with Crippen LogP contribution < -0.4 is 4.90 Å². The number of hydrogen-bond donors (Lipinski definition) is 1. The van der Waals surface area contributed by atoms with Gasteiger partial charge in [0.05, 0.1) is 6.61 Å². The van der Waals surface area contributed by atoms with Gasteiger partial charge in [0.1, 0.15) is 0 Å². The van der Waals surface area contributed by atoms with E-state index in [1.807, 2.05) is 24.3 Å². The third-order valence-electron chi connectivity index (χ3n) is 3.02. The Morgan fingerprint density at radius 1 is 1.53 bits per heavy atom. The monoisotopic (exact) mass is 327 g/mol. The molecule has 1 heterocycles. The number of halogens is 1. The fourth-order valence-electron chi connectivity index (χ4n) is 2.14. The summed E-state index contributed by atoms with van der Waals surface area (Å²) in [6, 6.07) is 7.19. The second kappa shape index (κ2) is 6.06. The van der Waals surface area contributed by atoms with Gasteiger partial charge < -0.3 is 9.84 Å². The largest absolute Gasteiger partial charge is 0.481 e. The topological polar surface area (TPSA) is 66.8 Å². The molecule has 1 atom stereocenters. The maximum Gasteiger partial charge on any atom is 0.414 e. The molecule has 1 aliphatic heterocycles. The molecular weight excluding hydrogens is 314 g/mol. The van der Waals surface area contributed by atoms with Crippen LogP contribution in [0.25, 0.3) is 0 Å². The Hall–Kier alpha value is -1.56. The minimum atomic E-state index is -0.854. The van der Waals surface area contributed by atoms with Gasteiger partial charge in [-0.25, -0.2) is 4.79 Å². The van der Waals surface area contributed by atoms with Crippen LogP contribution in [-0.2, 0) is 9.53 Å². The number of nitrogens with zero attached hydrogens (tertiary/aromatic N) is 1. The Labute approximate surface area is 119 Å². The summed E-state index contributed by atoms with van der Waals surface area (Å²) >= 11 is 3.36. The van der Waals surface area contributed by atoms with Crippen LogP contribution in [0.3, 0.4) is 0 Å². The van der Waals surface area contributed by atoms with Crippen molar-refractivity contribution in [3.63, 3.8) is 0 Å². The summed E-state index contributed by atoms with van der Waals surface area (Å²) in [7, 11) is 0. The number of hydrogen-bond acceptors (Lipinski definition) is 3. The molecular formula is C13H14BrNO4. The molecule has 1 aromatic rings. The maximum atomic E-state index is 11.9. The van der Waals surface area contributed by atoms with Gasteiger partial charge in [-0.2, -0.15) is 0 Å². The molecule has 1 unspecified atom stereocenters. The van der Waals surface area contributed by atoms with Crippen molar-refractivity contribution in [2.24, 2.45) is 0 Å². The number of carboxylic acid groups (broad SMARTS) is 1. The number of benzene rings is 1. The van der Waals surface area contributed by atoms with Crippen molar-refractivity contribution < 1.29 is 19.4 Å². The van der Waals surface area contributed by atoms with Gasteiger partial charge in [0.15, 0.2) is 0 Å². The lowest BCUT2D eigenvalue weighted by molar-refractivity contribution is -0.137. The van der Waals surface area contributed by atoms with Gasteiger partial charge in [0.25, 0.3) is 0 Å². The summed E-state index contributed by atoms with van der Waals surface area (Å²) in [5.74, 6) is -0.854. The first-order valence-corrected chi connectivity index (χ1v) is 6.80. The van der Waals surface area contributed by atoms with Crippen molar-refractivity contribution in [1.82, 2.24) is 0 Å². The van der Waals surface area contributed by atoms with Crippen LogP contribution in [0.15, 0.2) is 28.7 Å². The van der Waals surface area contributed by atoms with E-state index in [0.717, 1.165) is 10.2 Å². The van der Waals surface area contributed by atoms with Crippen LogP contribution in [0.1, 0.15) is 19.3 Å². The molecule has 1 aliphatic rings. The number of amides is 1. The second-order valence-corrected chi connectivity index (χ2v) is 5.25. The minimum Gasteiger partial charge on any atom is -0.481 e. The molecule has 1 aromatic carbocycles. The molecule has 1 N–H and O–H groups in total. The third kappa shape index (κ3) is 3.47. The van der Waals surface area contributed by atoms with Crippen molar-refractivity contribution in [3.05, 3.63) is 28.7 Å². The van der Waals surface area contributed by atoms with Gasteiger partial charge in [-0.15, -0.1) is 0 Å². The van der Waals surface area contributed by atoms with Gasteiger partial charge in [0.2, 0.25) is 0 Å². The second-order valence-electron chi connectivity index (χ2n) is 4.34. The van der Waals surface area contributed by atoms with Gasteiger partial charge in [-0.05, 0) is 24.6 Å². The molecule has 1 amide bonds. The number of rotatable bonds is 4. The molecule has 0 spiro atoms. The average molecular weight is 328 g/mol. The molecule has 1 saturated heterocycles. The van der Waals surface area contributed by atoms with Crippen LogP contribution >= 0.6 is 15.9 Å². The highest BCUT2D eigenvalue weighted by molar-refractivity contribution is 9.10. The first-order chi connectivity index (χ1) is 9.08. The van der Waals surface area contributed by atoms with Crippen molar-refractivity contribution in [2.45, 2.75) is 25.3 Å². The Morgan fingerprint density at radius 2 is 2.32 bits per heavy atom. The molecule has 5 nitrogen and oxygen atoms in total. The van der Waals surface area contributed by atoms with E-state index < -0.39 is 12.1 Å². The van der Waals surface area contributed by atoms with Gasteiger partial charge in [-0.3, -0.25) is 9.69 Å². The summed E-state index contributed by atoms with van der Waals surface area (Å²) in [5.41, 5.74) is 0.717. The Balaban J connectivity index is 2.20. The predicted octanol–water partition coefficient (Wildman–Crippen LogP) is 3.03. The van der Waals surface area contributed by atoms with Crippen molar-refractivity contribution in [2.75, 3.05) is 11.5 Å². The zero-order chi connectivity index (χ0) is 13.8. The normalized spacial score (nSPS) is 19.1. The highest BCUT2D eigenvalue weighted by atomic mass is 79.9. The number of carboxylic acids is 1. The summed E-state index contributed by atoms with van der Waals surface area (Å²) in [4.78, 5) is 24.1. The number of carbonyl (C=O) groups is 2. The quantitative estimate of drug-likeness (QED) is 0.923.